The molecule has 26 heavy (non-hydrogen) atoms. The third-order valence-electron chi connectivity index (χ3n) is 4.73. The van der Waals surface area contributed by atoms with E-state index in [9.17, 15) is 0 Å². The van der Waals surface area contributed by atoms with Crippen molar-refractivity contribution in [1.82, 2.24) is 14.8 Å². The monoisotopic (exact) mass is 421 g/mol. The molecule has 0 N–H and O–H groups in total. The Morgan fingerprint density at radius 2 is 1.81 bits per heavy atom. The van der Waals surface area contributed by atoms with Crippen LogP contribution in [-0.2, 0) is 6.42 Å². The minimum absolute atomic E-state index is 0.952. The summed E-state index contributed by atoms with van der Waals surface area (Å²) in [5, 5.41) is 6.00. The van der Waals surface area contributed by atoms with Crippen LogP contribution >= 0.6 is 27.7 Å². The van der Waals surface area contributed by atoms with Gasteiger partial charge < -0.3 is 0 Å². The first kappa shape index (κ1) is 16.1. The van der Waals surface area contributed by atoms with Gasteiger partial charge in [-0.15, -0.1) is 11.8 Å². The van der Waals surface area contributed by atoms with Gasteiger partial charge in [0.2, 0.25) is 0 Å². The van der Waals surface area contributed by atoms with Crippen molar-refractivity contribution < 1.29 is 0 Å². The quantitative estimate of drug-likeness (QED) is 0.409. The van der Waals surface area contributed by atoms with Gasteiger partial charge in [-0.1, -0.05) is 46.3 Å². The molecule has 1 aliphatic rings. The summed E-state index contributed by atoms with van der Waals surface area (Å²) in [6, 6.07) is 18.8. The van der Waals surface area contributed by atoms with Crippen molar-refractivity contribution in [3.8, 4) is 16.8 Å². The highest BCUT2D eigenvalue weighted by atomic mass is 79.9. The summed E-state index contributed by atoms with van der Waals surface area (Å²) in [5.74, 6) is 1.09. The standard InChI is InChI=1S/C21H16BrN3S/c1-13-18-19(14-7-9-15(22)10-8-14)20-17(11-12-26-20)23-21(18)25(24-13)16-5-3-2-4-6-16/h2-10H,11-12H2,1H3. The molecule has 0 saturated heterocycles. The second kappa shape index (κ2) is 6.25. The fourth-order valence-electron chi connectivity index (χ4n) is 3.56. The number of rotatable bonds is 2. The number of aryl methyl sites for hydroxylation is 2. The first-order chi connectivity index (χ1) is 12.7. The van der Waals surface area contributed by atoms with E-state index < -0.39 is 0 Å². The van der Waals surface area contributed by atoms with Gasteiger partial charge in [0, 0.05) is 27.1 Å². The lowest BCUT2D eigenvalue weighted by Gasteiger charge is -2.11. The molecule has 0 bridgehead atoms. The number of halogens is 1. The number of pyridine rings is 1. The highest BCUT2D eigenvalue weighted by Gasteiger charge is 2.25. The van der Waals surface area contributed by atoms with Crippen LogP contribution in [0.3, 0.4) is 0 Å². The lowest BCUT2D eigenvalue weighted by Crippen LogP contribution is -2.00. The molecule has 1 aliphatic heterocycles. The normalized spacial score (nSPS) is 13.3. The molecular weight excluding hydrogens is 406 g/mol. The maximum atomic E-state index is 5.03. The first-order valence-electron chi connectivity index (χ1n) is 8.59. The van der Waals surface area contributed by atoms with Gasteiger partial charge in [0.25, 0.3) is 0 Å². The molecule has 3 nitrogen and oxygen atoms in total. The van der Waals surface area contributed by atoms with Crippen molar-refractivity contribution in [1.29, 1.82) is 0 Å². The highest BCUT2D eigenvalue weighted by Crippen LogP contribution is 2.44. The molecule has 0 saturated carbocycles. The van der Waals surface area contributed by atoms with Gasteiger partial charge in [-0.3, -0.25) is 0 Å². The van der Waals surface area contributed by atoms with Crippen LogP contribution in [0.5, 0.6) is 0 Å². The smallest absolute Gasteiger partial charge is 0.164 e. The summed E-state index contributed by atoms with van der Waals surface area (Å²) < 4.78 is 3.07. The Balaban J connectivity index is 1.87. The van der Waals surface area contributed by atoms with Crippen LogP contribution in [0.2, 0.25) is 0 Å². The first-order valence-corrected chi connectivity index (χ1v) is 10.4. The van der Waals surface area contributed by atoms with E-state index in [2.05, 4.69) is 59.3 Å². The Morgan fingerprint density at radius 3 is 2.58 bits per heavy atom. The molecule has 5 rings (SSSR count). The Labute approximate surface area is 164 Å². The van der Waals surface area contributed by atoms with E-state index in [0.717, 1.165) is 39.1 Å². The summed E-state index contributed by atoms with van der Waals surface area (Å²) in [5.41, 5.74) is 6.71. The molecule has 0 spiro atoms. The van der Waals surface area contributed by atoms with Crippen LogP contribution in [0.25, 0.3) is 27.8 Å². The van der Waals surface area contributed by atoms with E-state index in [1.807, 2.05) is 34.6 Å². The Morgan fingerprint density at radius 1 is 1.04 bits per heavy atom. The van der Waals surface area contributed by atoms with Gasteiger partial charge in [0.1, 0.15) is 0 Å². The minimum atomic E-state index is 0.952. The molecule has 128 valence electrons. The molecule has 3 heterocycles. The van der Waals surface area contributed by atoms with Gasteiger partial charge in [0.15, 0.2) is 5.65 Å². The van der Waals surface area contributed by atoms with Crippen LogP contribution < -0.4 is 0 Å². The molecule has 0 radical (unpaired) electrons. The average molecular weight is 422 g/mol. The zero-order chi connectivity index (χ0) is 17.7. The number of hydrogen-bond acceptors (Lipinski definition) is 3. The predicted molar refractivity (Wildman–Crippen MR) is 111 cm³/mol. The number of fused-ring (bicyclic) bond motifs is 2. The average Bonchev–Trinajstić information content (AvgIpc) is 3.26. The van der Waals surface area contributed by atoms with E-state index in [4.69, 9.17) is 10.1 Å². The van der Waals surface area contributed by atoms with Gasteiger partial charge in [-0.05, 0) is 36.8 Å². The molecule has 0 amide bonds. The summed E-state index contributed by atoms with van der Waals surface area (Å²) >= 11 is 5.46. The van der Waals surface area contributed by atoms with E-state index in [1.54, 1.807) is 0 Å². The van der Waals surface area contributed by atoms with E-state index >= 15 is 0 Å². The molecule has 0 atom stereocenters. The third-order valence-corrected chi connectivity index (χ3v) is 6.40. The molecule has 4 aromatic rings. The zero-order valence-electron chi connectivity index (χ0n) is 14.2. The maximum absolute atomic E-state index is 5.03. The summed E-state index contributed by atoms with van der Waals surface area (Å²) in [7, 11) is 0. The van der Waals surface area contributed by atoms with Gasteiger partial charge >= 0.3 is 0 Å². The SMILES string of the molecule is Cc1nn(-c2ccccc2)c2nc3c(c(-c4ccc(Br)cc4)c12)SCC3. The van der Waals surface area contributed by atoms with Crippen LogP contribution in [0.4, 0.5) is 0 Å². The molecule has 0 unspecified atom stereocenters. The molecular formula is C21H16BrN3S. The van der Waals surface area contributed by atoms with Crippen molar-refractivity contribution in [3.63, 3.8) is 0 Å². The second-order valence-corrected chi connectivity index (χ2v) is 8.42. The highest BCUT2D eigenvalue weighted by molar-refractivity contribution is 9.10. The Kier molecular flexibility index (Phi) is 3.87. The molecule has 5 heteroatoms. The Bertz CT molecular complexity index is 1120. The third kappa shape index (κ3) is 2.49. The fourth-order valence-corrected chi connectivity index (χ4v) is 5.01. The number of thioether (sulfide) groups is 1. The second-order valence-electron chi connectivity index (χ2n) is 6.40. The van der Waals surface area contributed by atoms with E-state index in [-0.39, 0.29) is 0 Å². The number of hydrogen-bond donors (Lipinski definition) is 0. The number of para-hydroxylation sites is 1. The fraction of sp³-hybridized carbons (Fsp3) is 0.143. The molecule has 0 aliphatic carbocycles. The van der Waals surface area contributed by atoms with Crippen molar-refractivity contribution in [2.75, 3.05) is 5.75 Å². The van der Waals surface area contributed by atoms with Crippen molar-refractivity contribution in [2.24, 2.45) is 0 Å². The number of benzene rings is 2. The topological polar surface area (TPSA) is 30.7 Å². The lowest BCUT2D eigenvalue weighted by molar-refractivity contribution is 0.871. The van der Waals surface area contributed by atoms with Crippen LogP contribution in [0.15, 0.2) is 64.0 Å². The van der Waals surface area contributed by atoms with Gasteiger partial charge in [-0.2, -0.15) is 5.10 Å². The predicted octanol–water partition coefficient (Wildman–Crippen LogP) is 5.81. The largest absolute Gasteiger partial charge is 0.232 e. The van der Waals surface area contributed by atoms with Crippen LogP contribution in [-0.4, -0.2) is 20.5 Å². The molecule has 0 fully saturated rings. The minimum Gasteiger partial charge on any atom is -0.232 e. The van der Waals surface area contributed by atoms with Crippen molar-refractivity contribution >= 4 is 38.7 Å². The van der Waals surface area contributed by atoms with Crippen LogP contribution in [0, 0.1) is 6.92 Å². The van der Waals surface area contributed by atoms with E-state index in [0.29, 0.717) is 0 Å². The zero-order valence-corrected chi connectivity index (χ0v) is 16.6. The van der Waals surface area contributed by atoms with Crippen molar-refractivity contribution in [3.05, 3.63) is 70.5 Å². The van der Waals surface area contributed by atoms with Crippen LogP contribution in [0.1, 0.15) is 11.4 Å². The summed E-state index contributed by atoms with van der Waals surface area (Å²) in [6.45, 7) is 2.08. The van der Waals surface area contributed by atoms with Gasteiger partial charge in [0.05, 0.1) is 22.5 Å². The maximum Gasteiger partial charge on any atom is 0.164 e. The summed E-state index contributed by atoms with van der Waals surface area (Å²) in [6.07, 6.45) is 1.01. The molecule has 2 aromatic carbocycles. The Hall–Kier alpha value is -2.11. The summed E-state index contributed by atoms with van der Waals surface area (Å²) in [4.78, 5) is 6.34. The lowest BCUT2D eigenvalue weighted by atomic mass is 10.0. The van der Waals surface area contributed by atoms with Gasteiger partial charge in [-0.25, -0.2) is 9.67 Å². The van der Waals surface area contributed by atoms with E-state index in [1.165, 1.54) is 21.7 Å². The van der Waals surface area contributed by atoms with Crippen molar-refractivity contribution in [2.45, 2.75) is 18.2 Å². The number of aromatic nitrogens is 3. The number of nitrogens with zero attached hydrogens (tertiary/aromatic N) is 3. The molecule has 2 aromatic heterocycles.